The summed E-state index contributed by atoms with van der Waals surface area (Å²) in [7, 11) is -3.17. The summed E-state index contributed by atoms with van der Waals surface area (Å²) in [5, 5.41) is 4.22. The monoisotopic (exact) mass is 452 g/mol. The van der Waals surface area contributed by atoms with E-state index in [0.717, 1.165) is 0 Å². The molecule has 3 atom stereocenters. The number of hydrogen-bond acceptors (Lipinski definition) is 10. The predicted octanol–water partition coefficient (Wildman–Crippen LogP) is 0.686. The van der Waals surface area contributed by atoms with Gasteiger partial charge in [-0.3, -0.25) is 9.57 Å². The lowest BCUT2D eigenvalue weighted by atomic mass is 10.1. The Bertz CT molecular complexity index is 780. The highest BCUT2D eigenvalue weighted by Crippen LogP contribution is 2.43. The molecule has 0 saturated heterocycles. The molecule has 1 aliphatic rings. The van der Waals surface area contributed by atoms with Crippen molar-refractivity contribution in [2.45, 2.75) is 38.1 Å². The second-order valence-electron chi connectivity index (χ2n) is 6.60. The molecule has 1 aliphatic carbocycles. The zero-order chi connectivity index (χ0) is 21.8. The molecule has 0 bridgehead atoms. The molecule has 164 valence electrons. The predicted molar refractivity (Wildman–Crippen MR) is 107 cm³/mol. The first-order valence-corrected chi connectivity index (χ1v) is 11.0. The number of nitrogens with zero attached hydrogens (tertiary/aromatic N) is 3. The molecule has 14 heteroatoms. The van der Waals surface area contributed by atoms with E-state index >= 15 is 0 Å². The van der Waals surface area contributed by atoms with Gasteiger partial charge in [-0.25, -0.2) is 10.6 Å². The molecule has 12 nitrogen and oxygen atoms in total. The Morgan fingerprint density at radius 2 is 2.14 bits per heavy atom. The van der Waals surface area contributed by atoms with Gasteiger partial charge in [-0.2, -0.15) is 9.97 Å². The van der Waals surface area contributed by atoms with Crippen LogP contribution >= 0.6 is 19.2 Å². The largest absolute Gasteiger partial charge is 0.464 e. The van der Waals surface area contributed by atoms with Crippen LogP contribution in [0.5, 0.6) is 0 Å². The molecule has 2 unspecified atom stereocenters. The van der Waals surface area contributed by atoms with E-state index in [1.165, 1.54) is 11.9 Å². The van der Waals surface area contributed by atoms with Gasteiger partial charge in [0.15, 0.2) is 11.6 Å². The molecule has 29 heavy (non-hydrogen) atoms. The van der Waals surface area contributed by atoms with Crippen molar-refractivity contribution in [1.82, 2.24) is 9.97 Å². The van der Waals surface area contributed by atoms with Crippen molar-refractivity contribution in [1.29, 1.82) is 0 Å². The standard InChI is InChI=1S/C15H26ClN6O6P/c1-3-27-13(23)14(29(24,25)26)28-7-8-4-5-9(6-8)22(18)12-10(17)11(19-2)20-15(16)21-12/h8-9,14H,3-7,17-18H2,1-2H3,(H,19,20,21)(H2,24,25,26)/t8-,9?,14?/m1/s1. The van der Waals surface area contributed by atoms with Crippen LogP contribution < -0.4 is 21.9 Å². The first-order valence-electron chi connectivity index (χ1n) is 8.96. The van der Waals surface area contributed by atoms with Gasteiger partial charge in [0, 0.05) is 13.1 Å². The van der Waals surface area contributed by atoms with E-state index in [9.17, 15) is 19.1 Å². The van der Waals surface area contributed by atoms with Gasteiger partial charge < -0.3 is 30.3 Å². The molecule has 0 aromatic carbocycles. The lowest BCUT2D eigenvalue weighted by Gasteiger charge is -2.27. The number of ether oxygens (including phenoxy) is 2. The molecule has 0 amide bonds. The Kier molecular flexibility index (Phi) is 8.03. The van der Waals surface area contributed by atoms with Gasteiger partial charge in [0.25, 0.3) is 5.85 Å². The summed E-state index contributed by atoms with van der Waals surface area (Å²) in [6, 6.07) is -0.155. The minimum absolute atomic E-state index is 0.00852. The third-order valence-corrected chi connectivity index (χ3v) is 5.71. The highest BCUT2D eigenvalue weighted by Gasteiger charge is 2.40. The number of carbonyl (C=O) groups is 1. The molecule has 1 aromatic heterocycles. The molecule has 0 radical (unpaired) electrons. The maximum atomic E-state index is 11.8. The molecule has 0 spiro atoms. The zero-order valence-electron chi connectivity index (χ0n) is 16.1. The number of nitrogen functional groups attached to an aromatic ring is 1. The lowest BCUT2D eigenvalue weighted by molar-refractivity contribution is -0.152. The number of aromatic nitrogens is 2. The van der Waals surface area contributed by atoms with Gasteiger partial charge in [0.05, 0.1) is 13.2 Å². The van der Waals surface area contributed by atoms with Crippen molar-refractivity contribution in [2.24, 2.45) is 11.8 Å². The summed E-state index contributed by atoms with van der Waals surface area (Å²) in [6.07, 6.45) is 1.89. The number of hydrogen-bond donors (Lipinski definition) is 5. The summed E-state index contributed by atoms with van der Waals surface area (Å²) in [4.78, 5) is 38.5. The molecule has 1 saturated carbocycles. The third kappa shape index (κ3) is 5.91. The van der Waals surface area contributed by atoms with Gasteiger partial charge in [-0.15, -0.1) is 0 Å². The maximum Gasteiger partial charge on any atom is 0.365 e. The van der Waals surface area contributed by atoms with Crippen LogP contribution in [-0.2, 0) is 18.8 Å². The summed E-state index contributed by atoms with van der Waals surface area (Å²) >= 11 is 5.93. The Labute approximate surface area is 173 Å². The molecular formula is C15H26ClN6O6P. The fourth-order valence-electron chi connectivity index (χ4n) is 3.19. The van der Waals surface area contributed by atoms with E-state index in [4.69, 9.17) is 27.9 Å². The normalized spacial score (nSPS) is 20.3. The molecule has 0 aliphatic heterocycles. The minimum atomic E-state index is -4.81. The third-order valence-electron chi connectivity index (χ3n) is 4.57. The average molecular weight is 453 g/mol. The van der Waals surface area contributed by atoms with Crippen molar-refractivity contribution in [3.8, 4) is 0 Å². The van der Waals surface area contributed by atoms with Gasteiger partial charge in [0.1, 0.15) is 5.69 Å². The molecular weight excluding hydrogens is 427 g/mol. The Morgan fingerprint density at radius 1 is 1.45 bits per heavy atom. The number of anilines is 3. The van der Waals surface area contributed by atoms with Gasteiger partial charge >= 0.3 is 13.6 Å². The SMILES string of the molecule is CCOC(=O)C(OC[C@@H]1CCC(N(N)c2nc(Cl)nc(NC)c2N)C1)P(=O)(O)O. The molecule has 1 aromatic rings. The van der Waals surface area contributed by atoms with Crippen LogP contribution in [0.1, 0.15) is 26.2 Å². The fraction of sp³-hybridized carbons (Fsp3) is 0.667. The van der Waals surface area contributed by atoms with Crippen molar-refractivity contribution in [3.63, 3.8) is 0 Å². The summed E-state index contributed by atoms with van der Waals surface area (Å²) in [5.41, 5.74) is 6.30. The van der Waals surface area contributed by atoms with E-state index in [0.29, 0.717) is 25.1 Å². The highest BCUT2D eigenvalue weighted by atomic mass is 35.5. The van der Waals surface area contributed by atoms with Crippen LogP contribution in [0.2, 0.25) is 5.28 Å². The number of rotatable bonds is 9. The van der Waals surface area contributed by atoms with Crippen LogP contribution in [0, 0.1) is 5.92 Å². The van der Waals surface area contributed by atoms with Crippen LogP contribution in [0.3, 0.4) is 0 Å². The quantitative estimate of drug-likeness (QED) is 0.116. The summed E-state index contributed by atoms with van der Waals surface area (Å²) < 4.78 is 21.5. The summed E-state index contributed by atoms with van der Waals surface area (Å²) in [6.45, 7) is 1.50. The van der Waals surface area contributed by atoms with Gasteiger partial charge in [-0.05, 0) is 43.7 Å². The van der Waals surface area contributed by atoms with Crippen molar-refractivity contribution >= 4 is 42.5 Å². The number of halogens is 1. The fourth-order valence-corrected chi connectivity index (χ4v) is 3.98. The summed E-state index contributed by atoms with van der Waals surface area (Å²) in [5.74, 6) is 3.74. The number of hydrazine groups is 1. The smallest absolute Gasteiger partial charge is 0.365 e. The maximum absolute atomic E-state index is 11.8. The molecule has 2 rings (SSSR count). The van der Waals surface area contributed by atoms with E-state index in [1.54, 1.807) is 7.05 Å². The van der Waals surface area contributed by atoms with E-state index in [2.05, 4.69) is 20.0 Å². The second-order valence-corrected chi connectivity index (χ2v) is 8.58. The van der Waals surface area contributed by atoms with Crippen LogP contribution in [0.15, 0.2) is 0 Å². The first-order chi connectivity index (χ1) is 13.6. The Hall–Kier alpha value is -1.69. The molecule has 1 heterocycles. The van der Waals surface area contributed by atoms with Gasteiger partial charge in [-0.1, -0.05) is 0 Å². The highest BCUT2D eigenvalue weighted by molar-refractivity contribution is 7.53. The number of carbonyl (C=O) groups excluding carboxylic acids is 1. The number of esters is 1. The lowest BCUT2D eigenvalue weighted by Crippen LogP contribution is -2.41. The van der Waals surface area contributed by atoms with E-state index in [-0.39, 0.29) is 42.0 Å². The van der Waals surface area contributed by atoms with Crippen LogP contribution in [0.4, 0.5) is 17.3 Å². The average Bonchev–Trinajstić information content (AvgIpc) is 3.11. The van der Waals surface area contributed by atoms with E-state index in [1.807, 2.05) is 0 Å². The number of nitrogens with two attached hydrogens (primary N) is 2. The molecule has 1 fully saturated rings. The van der Waals surface area contributed by atoms with Crippen LogP contribution in [-0.4, -0.2) is 57.9 Å². The number of nitrogens with one attached hydrogen (secondary N) is 1. The van der Waals surface area contributed by atoms with E-state index < -0.39 is 19.4 Å². The topological polar surface area (TPSA) is 186 Å². The van der Waals surface area contributed by atoms with Crippen molar-refractivity contribution in [3.05, 3.63) is 5.28 Å². The minimum Gasteiger partial charge on any atom is -0.464 e. The van der Waals surface area contributed by atoms with Crippen molar-refractivity contribution in [2.75, 3.05) is 36.3 Å². The second kappa shape index (κ2) is 9.88. The Balaban J connectivity index is 2.02. The van der Waals surface area contributed by atoms with Gasteiger partial charge in [0.2, 0.25) is 5.28 Å². The van der Waals surface area contributed by atoms with Crippen LogP contribution in [0.25, 0.3) is 0 Å². The zero-order valence-corrected chi connectivity index (χ0v) is 17.8. The van der Waals surface area contributed by atoms with Crippen molar-refractivity contribution < 1.29 is 28.6 Å². The molecule has 7 N–H and O–H groups in total. The first kappa shape index (κ1) is 23.6. The Morgan fingerprint density at radius 3 is 2.72 bits per heavy atom.